The molecule has 2 aromatic rings. The molecule has 6 heteroatoms. The standard InChI is InChI=1S/C18H16ClFN2O2/c1-10-2-3-11(17(23)21-13-5-6-13)8-16(10)22-18(24)14-7-4-12(19)9-15(14)20/h2-4,7-9,13H,5-6H2,1H3,(H,21,23)(H,22,24). The number of anilines is 1. The van der Waals surface area contributed by atoms with Crippen LogP contribution in [0.4, 0.5) is 10.1 Å². The first-order valence-electron chi connectivity index (χ1n) is 7.62. The van der Waals surface area contributed by atoms with Gasteiger partial charge in [0.1, 0.15) is 5.82 Å². The van der Waals surface area contributed by atoms with E-state index in [0.717, 1.165) is 24.5 Å². The Morgan fingerprint density at radius 3 is 2.54 bits per heavy atom. The summed E-state index contributed by atoms with van der Waals surface area (Å²) < 4.78 is 13.9. The van der Waals surface area contributed by atoms with Gasteiger partial charge in [0.25, 0.3) is 11.8 Å². The molecule has 1 aliphatic rings. The highest BCUT2D eigenvalue weighted by atomic mass is 35.5. The predicted octanol–water partition coefficient (Wildman–Crippen LogP) is 3.93. The van der Waals surface area contributed by atoms with Crippen molar-refractivity contribution in [2.75, 3.05) is 5.32 Å². The molecule has 0 radical (unpaired) electrons. The zero-order chi connectivity index (χ0) is 17.3. The van der Waals surface area contributed by atoms with Crippen molar-refractivity contribution >= 4 is 29.1 Å². The number of hydrogen-bond acceptors (Lipinski definition) is 2. The van der Waals surface area contributed by atoms with E-state index in [1.807, 2.05) is 0 Å². The lowest BCUT2D eigenvalue weighted by Crippen LogP contribution is -2.25. The SMILES string of the molecule is Cc1ccc(C(=O)NC2CC2)cc1NC(=O)c1ccc(Cl)cc1F. The topological polar surface area (TPSA) is 58.2 Å². The average Bonchev–Trinajstić information content (AvgIpc) is 3.33. The lowest BCUT2D eigenvalue weighted by molar-refractivity contribution is 0.0949. The van der Waals surface area contributed by atoms with E-state index in [9.17, 15) is 14.0 Å². The monoisotopic (exact) mass is 346 g/mol. The molecule has 24 heavy (non-hydrogen) atoms. The highest BCUT2D eigenvalue weighted by molar-refractivity contribution is 6.30. The van der Waals surface area contributed by atoms with Crippen LogP contribution in [0.15, 0.2) is 36.4 Å². The Hall–Kier alpha value is -2.40. The van der Waals surface area contributed by atoms with Gasteiger partial charge in [-0.3, -0.25) is 9.59 Å². The number of carbonyl (C=O) groups excluding carboxylic acids is 2. The molecule has 0 atom stereocenters. The second-order valence-corrected chi connectivity index (χ2v) is 6.29. The van der Waals surface area contributed by atoms with E-state index < -0.39 is 11.7 Å². The van der Waals surface area contributed by atoms with E-state index in [-0.39, 0.29) is 22.5 Å². The molecule has 0 saturated heterocycles. The third-order valence-corrected chi connectivity index (χ3v) is 4.07. The quantitative estimate of drug-likeness (QED) is 0.881. The van der Waals surface area contributed by atoms with Gasteiger partial charge in [0.2, 0.25) is 0 Å². The number of benzene rings is 2. The van der Waals surface area contributed by atoms with Crippen LogP contribution in [0.25, 0.3) is 0 Å². The molecule has 1 aliphatic carbocycles. The molecule has 2 N–H and O–H groups in total. The number of nitrogens with one attached hydrogen (secondary N) is 2. The van der Waals surface area contributed by atoms with E-state index in [0.29, 0.717) is 11.3 Å². The summed E-state index contributed by atoms with van der Waals surface area (Å²) in [5, 5.41) is 5.76. The first-order valence-corrected chi connectivity index (χ1v) is 8.00. The van der Waals surface area contributed by atoms with Crippen LogP contribution in [-0.2, 0) is 0 Å². The zero-order valence-electron chi connectivity index (χ0n) is 13.0. The van der Waals surface area contributed by atoms with Crippen LogP contribution >= 0.6 is 11.6 Å². The molecule has 2 amide bonds. The van der Waals surface area contributed by atoms with Crippen LogP contribution in [0.3, 0.4) is 0 Å². The largest absolute Gasteiger partial charge is 0.349 e. The van der Waals surface area contributed by atoms with Crippen LogP contribution in [0.2, 0.25) is 5.02 Å². The van der Waals surface area contributed by atoms with Crippen molar-refractivity contribution in [3.8, 4) is 0 Å². The van der Waals surface area contributed by atoms with Crippen LogP contribution < -0.4 is 10.6 Å². The molecule has 3 rings (SSSR count). The Kier molecular flexibility index (Phi) is 4.53. The number of hydrogen-bond donors (Lipinski definition) is 2. The van der Waals surface area contributed by atoms with Gasteiger partial charge in [-0.25, -0.2) is 4.39 Å². The Balaban J connectivity index is 1.80. The molecule has 0 aliphatic heterocycles. The summed E-state index contributed by atoms with van der Waals surface area (Å²) in [6.07, 6.45) is 1.99. The average molecular weight is 347 g/mol. The van der Waals surface area contributed by atoms with Crippen LogP contribution in [0.1, 0.15) is 39.1 Å². The van der Waals surface area contributed by atoms with E-state index in [1.54, 1.807) is 25.1 Å². The van der Waals surface area contributed by atoms with Gasteiger partial charge in [-0.2, -0.15) is 0 Å². The number of carbonyl (C=O) groups is 2. The van der Waals surface area contributed by atoms with E-state index in [1.165, 1.54) is 12.1 Å². The predicted molar refractivity (Wildman–Crippen MR) is 91.0 cm³/mol. The van der Waals surface area contributed by atoms with Crippen molar-refractivity contribution in [1.29, 1.82) is 0 Å². The molecule has 2 aromatic carbocycles. The summed E-state index contributed by atoms with van der Waals surface area (Å²) in [4.78, 5) is 24.4. The normalized spacial score (nSPS) is 13.5. The number of rotatable bonds is 4. The lowest BCUT2D eigenvalue weighted by atomic mass is 10.1. The molecular weight excluding hydrogens is 331 g/mol. The molecule has 0 bridgehead atoms. The highest BCUT2D eigenvalue weighted by Gasteiger charge is 2.24. The Bertz CT molecular complexity index is 819. The van der Waals surface area contributed by atoms with Crippen molar-refractivity contribution in [3.05, 3.63) is 63.9 Å². The first kappa shape index (κ1) is 16.5. The van der Waals surface area contributed by atoms with Gasteiger partial charge < -0.3 is 10.6 Å². The maximum atomic E-state index is 13.9. The summed E-state index contributed by atoms with van der Waals surface area (Å²) in [6.45, 7) is 1.80. The fraction of sp³-hybridized carbons (Fsp3) is 0.222. The maximum Gasteiger partial charge on any atom is 0.258 e. The second kappa shape index (κ2) is 6.61. The Labute approximate surface area is 144 Å². The van der Waals surface area contributed by atoms with Gasteiger partial charge in [0, 0.05) is 22.3 Å². The van der Waals surface area contributed by atoms with Crippen molar-refractivity contribution < 1.29 is 14.0 Å². The lowest BCUT2D eigenvalue weighted by Gasteiger charge is -2.11. The third kappa shape index (κ3) is 3.74. The van der Waals surface area contributed by atoms with Gasteiger partial charge >= 0.3 is 0 Å². The number of aryl methyl sites for hydroxylation is 1. The molecule has 0 aromatic heterocycles. The molecule has 0 unspecified atom stereocenters. The van der Waals surface area contributed by atoms with Crippen LogP contribution in [0.5, 0.6) is 0 Å². The third-order valence-electron chi connectivity index (χ3n) is 3.84. The summed E-state index contributed by atoms with van der Waals surface area (Å²) in [5.74, 6) is -1.46. The molecule has 0 heterocycles. The molecule has 1 saturated carbocycles. The zero-order valence-corrected chi connectivity index (χ0v) is 13.8. The van der Waals surface area contributed by atoms with Crippen LogP contribution in [0, 0.1) is 12.7 Å². The molecule has 1 fully saturated rings. The number of halogens is 2. The van der Waals surface area contributed by atoms with Gasteiger partial charge in [0.05, 0.1) is 5.56 Å². The van der Waals surface area contributed by atoms with Crippen molar-refractivity contribution in [1.82, 2.24) is 5.32 Å². The smallest absolute Gasteiger partial charge is 0.258 e. The fourth-order valence-corrected chi connectivity index (χ4v) is 2.42. The summed E-state index contributed by atoms with van der Waals surface area (Å²) in [7, 11) is 0. The summed E-state index contributed by atoms with van der Waals surface area (Å²) in [6, 6.07) is 9.15. The van der Waals surface area contributed by atoms with Gasteiger partial charge in [0.15, 0.2) is 0 Å². The highest BCUT2D eigenvalue weighted by Crippen LogP contribution is 2.22. The van der Waals surface area contributed by atoms with Gasteiger partial charge in [-0.05, 0) is 55.7 Å². The fourth-order valence-electron chi connectivity index (χ4n) is 2.26. The van der Waals surface area contributed by atoms with Crippen molar-refractivity contribution in [2.45, 2.75) is 25.8 Å². The maximum absolute atomic E-state index is 13.9. The van der Waals surface area contributed by atoms with Gasteiger partial charge in [-0.15, -0.1) is 0 Å². The Morgan fingerprint density at radius 1 is 1.12 bits per heavy atom. The van der Waals surface area contributed by atoms with Gasteiger partial charge in [-0.1, -0.05) is 17.7 Å². The van der Waals surface area contributed by atoms with Crippen LogP contribution in [-0.4, -0.2) is 17.9 Å². The summed E-state index contributed by atoms with van der Waals surface area (Å²) >= 11 is 5.69. The summed E-state index contributed by atoms with van der Waals surface area (Å²) in [5.41, 5.74) is 1.60. The van der Waals surface area contributed by atoms with Crippen molar-refractivity contribution in [2.24, 2.45) is 0 Å². The van der Waals surface area contributed by atoms with Crippen molar-refractivity contribution in [3.63, 3.8) is 0 Å². The second-order valence-electron chi connectivity index (χ2n) is 5.86. The molecular formula is C18H16ClFN2O2. The van der Waals surface area contributed by atoms with E-state index >= 15 is 0 Å². The Morgan fingerprint density at radius 2 is 1.88 bits per heavy atom. The van der Waals surface area contributed by atoms with E-state index in [4.69, 9.17) is 11.6 Å². The number of amides is 2. The minimum absolute atomic E-state index is 0.105. The molecule has 0 spiro atoms. The molecule has 4 nitrogen and oxygen atoms in total. The first-order chi connectivity index (χ1) is 11.4. The minimum Gasteiger partial charge on any atom is -0.349 e. The van der Waals surface area contributed by atoms with E-state index in [2.05, 4.69) is 10.6 Å². The minimum atomic E-state index is -0.694. The molecule has 124 valence electrons.